The standard InChI is InChI=1S/C14H20ClF2NO2/c1-4-14(16,17)13(2,3)10-18(12(19)8-15)9-11-6-5-7-20-11/h5-7H,4,8-10H2,1-3H3. The highest BCUT2D eigenvalue weighted by molar-refractivity contribution is 6.27. The maximum absolute atomic E-state index is 13.9. The highest BCUT2D eigenvalue weighted by Crippen LogP contribution is 2.39. The molecule has 1 aromatic heterocycles. The van der Waals surface area contributed by atoms with Gasteiger partial charge in [-0.15, -0.1) is 11.6 Å². The smallest absolute Gasteiger partial charge is 0.254 e. The second kappa shape index (κ2) is 6.57. The summed E-state index contributed by atoms with van der Waals surface area (Å²) in [5.41, 5.74) is -1.34. The first-order chi connectivity index (χ1) is 9.23. The summed E-state index contributed by atoms with van der Waals surface area (Å²) in [6.07, 6.45) is 1.20. The number of carbonyl (C=O) groups excluding carboxylic acids is 1. The molecule has 0 bridgehead atoms. The molecule has 6 heteroatoms. The first kappa shape index (κ1) is 17.0. The Bertz CT molecular complexity index is 432. The monoisotopic (exact) mass is 307 g/mol. The van der Waals surface area contributed by atoms with Crippen LogP contribution in [0.1, 0.15) is 33.0 Å². The summed E-state index contributed by atoms with van der Waals surface area (Å²) in [6.45, 7) is 4.39. The van der Waals surface area contributed by atoms with Gasteiger partial charge in [-0.25, -0.2) is 8.78 Å². The van der Waals surface area contributed by atoms with Gasteiger partial charge < -0.3 is 9.32 Å². The van der Waals surface area contributed by atoms with Crippen LogP contribution in [0, 0.1) is 5.41 Å². The molecule has 0 spiro atoms. The summed E-state index contributed by atoms with van der Waals surface area (Å²) in [5.74, 6) is -2.95. The predicted octanol–water partition coefficient (Wildman–Crippen LogP) is 3.92. The molecule has 1 amide bonds. The number of alkyl halides is 3. The number of hydrogen-bond donors (Lipinski definition) is 0. The van der Waals surface area contributed by atoms with Gasteiger partial charge in [0.1, 0.15) is 11.6 Å². The van der Waals surface area contributed by atoms with Crippen LogP contribution >= 0.6 is 11.6 Å². The topological polar surface area (TPSA) is 33.5 Å². The number of amides is 1. The molecule has 0 N–H and O–H groups in total. The minimum absolute atomic E-state index is 0.0832. The molecule has 0 saturated heterocycles. The number of rotatable bonds is 7. The van der Waals surface area contributed by atoms with Crippen molar-refractivity contribution >= 4 is 17.5 Å². The van der Waals surface area contributed by atoms with Gasteiger partial charge in [0, 0.05) is 18.4 Å². The van der Waals surface area contributed by atoms with Crippen LogP contribution in [0.2, 0.25) is 0 Å². The van der Waals surface area contributed by atoms with E-state index in [9.17, 15) is 13.6 Å². The average molecular weight is 308 g/mol. The molecular formula is C14H20ClF2NO2. The van der Waals surface area contributed by atoms with Crippen LogP contribution in [0.25, 0.3) is 0 Å². The van der Waals surface area contributed by atoms with E-state index in [4.69, 9.17) is 16.0 Å². The molecule has 0 atom stereocenters. The molecule has 20 heavy (non-hydrogen) atoms. The van der Waals surface area contributed by atoms with Crippen molar-refractivity contribution < 1.29 is 18.0 Å². The van der Waals surface area contributed by atoms with Gasteiger partial charge in [-0.05, 0) is 12.1 Å². The van der Waals surface area contributed by atoms with Crippen molar-refractivity contribution in [3.8, 4) is 0 Å². The lowest BCUT2D eigenvalue weighted by Gasteiger charge is -2.37. The fourth-order valence-electron chi connectivity index (χ4n) is 1.98. The zero-order chi connectivity index (χ0) is 15.4. The Kier molecular flexibility index (Phi) is 5.57. The minimum Gasteiger partial charge on any atom is -0.467 e. The lowest BCUT2D eigenvalue weighted by molar-refractivity contribution is -0.142. The zero-order valence-electron chi connectivity index (χ0n) is 12.0. The highest BCUT2D eigenvalue weighted by Gasteiger charge is 2.46. The van der Waals surface area contributed by atoms with Crippen LogP contribution in [-0.4, -0.2) is 29.2 Å². The van der Waals surface area contributed by atoms with Gasteiger partial charge in [0.25, 0.3) is 5.92 Å². The van der Waals surface area contributed by atoms with Crippen molar-refractivity contribution in [1.29, 1.82) is 0 Å². The maximum atomic E-state index is 13.9. The summed E-state index contributed by atoms with van der Waals surface area (Å²) < 4.78 is 33.0. The quantitative estimate of drug-likeness (QED) is 0.715. The fourth-order valence-corrected chi connectivity index (χ4v) is 2.15. The second-order valence-corrected chi connectivity index (χ2v) is 5.67. The molecule has 0 saturated carbocycles. The Balaban J connectivity index is 2.87. The van der Waals surface area contributed by atoms with Crippen molar-refractivity contribution in [3.05, 3.63) is 24.2 Å². The zero-order valence-corrected chi connectivity index (χ0v) is 12.7. The number of carbonyl (C=O) groups is 1. The van der Waals surface area contributed by atoms with Crippen molar-refractivity contribution in [2.75, 3.05) is 12.4 Å². The highest BCUT2D eigenvalue weighted by atomic mass is 35.5. The van der Waals surface area contributed by atoms with Crippen LogP contribution < -0.4 is 0 Å². The Hall–Kier alpha value is -1.10. The summed E-state index contributed by atoms with van der Waals surface area (Å²) in [4.78, 5) is 13.2. The van der Waals surface area contributed by atoms with E-state index in [1.807, 2.05) is 0 Å². The molecule has 0 fully saturated rings. The molecule has 0 unspecified atom stereocenters. The molecule has 1 aromatic rings. The number of nitrogens with zero attached hydrogens (tertiary/aromatic N) is 1. The van der Waals surface area contributed by atoms with Crippen LogP contribution in [0.3, 0.4) is 0 Å². The number of hydrogen-bond acceptors (Lipinski definition) is 2. The van der Waals surface area contributed by atoms with E-state index in [1.165, 1.54) is 31.9 Å². The first-order valence-corrected chi connectivity index (χ1v) is 7.01. The van der Waals surface area contributed by atoms with Crippen molar-refractivity contribution in [2.24, 2.45) is 5.41 Å². The van der Waals surface area contributed by atoms with Gasteiger partial charge in [-0.3, -0.25) is 4.79 Å². The largest absolute Gasteiger partial charge is 0.467 e. The van der Waals surface area contributed by atoms with Gasteiger partial charge in [0.2, 0.25) is 5.91 Å². The summed E-state index contributed by atoms with van der Waals surface area (Å²) in [6, 6.07) is 3.38. The Labute approximate surface area is 122 Å². The molecule has 114 valence electrons. The summed E-state index contributed by atoms with van der Waals surface area (Å²) >= 11 is 5.55. The van der Waals surface area contributed by atoms with E-state index >= 15 is 0 Å². The predicted molar refractivity (Wildman–Crippen MR) is 73.9 cm³/mol. The van der Waals surface area contributed by atoms with Crippen molar-refractivity contribution in [3.63, 3.8) is 0 Å². The molecule has 1 rings (SSSR count). The summed E-state index contributed by atoms with van der Waals surface area (Å²) in [7, 11) is 0. The molecule has 0 aliphatic heterocycles. The van der Waals surface area contributed by atoms with E-state index in [-0.39, 0.29) is 31.3 Å². The van der Waals surface area contributed by atoms with Gasteiger partial charge in [-0.2, -0.15) is 0 Å². The third kappa shape index (κ3) is 3.95. The molecule has 1 heterocycles. The van der Waals surface area contributed by atoms with Crippen LogP contribution in [0.15, 0.2) is 22.8 Å². The van der Waals surface area contributed by atoms with E-state index in [0.717, 1.165) is 0 Å². The van der Waals surface area contributed by atoms with Crippen molar-refractivity contribution in [2.45, 2.75) is 39.7 Å². The van der Waals surface area contributed by atoms with Gasteiger partial charge in [0.05, 0.1) is 12.8 Å². The minimum atomic E-state index is -2.86. The Morgan fingerprint density at radius 2 is 2.10 bits per heavy atom. The Morgan fingerprint density at radius 1 is 1.45 bits per heavy atom. The van der Waals surface area contributed by atoms with E-state index in [0.29, 0.717) is 5.76 Å². The molecule has 0 aliphatic carbocycles. The normalized spacial score (nSPS) is 12.5. The van der Waals surface area contributed by atoms with E-state index < -0.39 is 11.3 Å². The van der Waals surface area contributed by atoms with Crippen LogP contribution in [0.5, 0.6) is 0 Å². The van der Waals surface area contributed by atoms with Gasteiger partial charge in [0.15, 0.2) is 0 Å². The van der Waals surface area contributed by atoms with Crippen LogP contribution in [-0.2, 0) is 11.3 Å². The lowest BCUT2D eigenvalue weighted by atomic mass is 9.83. The second-order valence-electron chi connectivity index (χ2n) is 5.40. The molecule has 0 aromatic carbocycles. The fraction of sp³-hybridized carbons (Fsp3) is 0.643. The lowest BCUT2D eigenvalue weighted by Crippen LogP contribution is -2.47. The molecule has 0 radical (unpaired) electrons. The van der Waals surface area contributed by atoms with Crippen molar-refractivity contribution in [1.82, 2.24) is 4.90 Å². The third-order valence-electron chi connectivity index (χ3n) is 3.41. The maximum Gasteiger partial charge on any atom is 0.254 e. The third-order valence-corrected chi connectivity index (χ3v) is 3.64. The Morgan fingerprint density at radius 3 is 2.55 bits per heavy atom. The molecular weight excluding hydrogens is 288 g/mol. The number of furan rings is 1. The van der Waals surface area contributed by atoms with E-state index in [2.05, 4.69) is 0 Å². The van der Waals surface area contributed by atoms with Gasteiger partial charge >= 0.3 is 0 Å². The van der Waals surface area contributed by atoms with Gasteiger partial charge in [-0.1, -0.05) is 20.8 Å². The summed E-state index contributed by atoms with van der Waals surface area (Å²) in [5, 5.41) is 0. The molecule has 3 nitrogen and oxygen atoms in total. The van der Waals surface area contributed by atoms with E-state index in [1.54, 1.807) is 12.1 Å². The molecule has 0 aliphatic rings. The number of halogens is 3. The first-order valence-electron chi connectivity index (χ1n) is 6.47. The average Bonchev–Trinajstić information content (AvgIpc) is 2.89. The SMILES string of the molecule is CCC(F)(F)C(C)(C)CN(Cc1ccco1)C(=O)CCl. The van der Waals surface area contributed by atoms with Crippen LogP contribution in [0.4, 0.5) is 8.78 Å².